The minimum absolute atomic E-state index is 0.0275. The molecule has 41 heavy (non-hydrogen) atoms. The number of nitrogen functional groups attached to an aromatic ring is 1. The summed E-state index contributed by atoms with van der Waals surface area (Å²) in [4.78, 5) is 26.4. The number of benzene rings is 4. The Labute approximate surface area is 230 Å². The Morgan fingerprint density at radius 1 is 0.951 bits per heavy atom. The van der Waals surface area contributed by atoms with Crippen LogP contribution in [0, 0.1) is 11.6 Å². The van der Waals surface area contributed by atoms with Crippen molar-refractivity contribution in [3.8, 4) is 11.5 Å². The number of nitrogens with two attached hydrogens (primary N) is 1. The summed E-state index contributed by atoms with van der Waals surface area (Å²) in [7, 11) is 0. The molecule has 0 bridgehead atoms. The molecule has 6 rings (SSSR count). The third kappa shape index (κ3) is 4.42. The monoisotopic (exact) mass is 584 g/mol. The van der Waals surface area contributed by atoms with Crippen LogP contribution in [0.4, 0.5) is 33.5 Å². The zero-order valence-electron chi connectivity index (χ0n) is 20.3. The number of hydrogen-bond acceptors (Lipinski definition) is 5. The van der Waals surface area contributed by atoms with E-state index in [1.54, 1.807) is 24.3 Å². The second-order valence-electron chi connectivity index (χ2n) is 9.03. The number of fused-ring (bicyclic) bond motifs is 2. The van der Waals surface area contributed by atoms with Gasteiger partial charge in [0.25, 0.3) is 11.5 Å². The summed E-state index contributed by atoms with van der Waals surface area (Å²) >= 11 is 6.20. The van der Waals surface area contributed by atoms with Gasteiger partial charge in [0.05, 0.1) is 27.2 Å². The van der Waals surface area contributed by atoms with Gasteiger partial charge in [0.1, 0.15) is 17.4 Å². The lowest BCUT2D eigenvalue weighted by Gasteiger charge is -2.17. The smallest absolute Gasteiger partial charge is 0.416 e. The Balaban J connectivity index is 1.62. The molecule has 0 saturated carbocycles. The predicted molar refractivity (Wildman–Crippen MR) is 143 cm³/mol. The Kier molecular flexibility index (Phi) is 5.96. The van der Waals surface area contributed by atoms with E-state index in [2.05, 4.69) is 10.4 Å². The molecule has 2 heterocycles. The second kappa shape index (κ2) is 9.30. The number of amides is 1. The molecule has 0 fully saturated rings. The number of hydrogen-bond donors (Lipinski definition) is 2. The summed E-state index contributed by atoms with van der Waals surface area (Å²) in [5.41, 5.74) is 3.76. The average Bonchev–Trinajstić information content (AvgIpc) is 3.27. The highest BCUT2D eigenvalue weighted by molar-refractivity contribution is 6.32. The van der Waals surface area contributed by atoms with Gasteiger partial charge in [-0.3, -0.25) is 9.59 Å². The molecule has 0 atom stereocenters. The number of nitrogens with zero attached hydrogens (tertiary/aromatic N) is 2. The van der Waals surface area contributed by atoms with Crippen LogP contribution in [-0.2, 0) is 6.18 Å². The van der Waals surface area contributed by atoms with E-state index in [9.17, 15) is 31.5 Å². The molecule has 0 aliphatic heterocycles. The van der Waals surface area contributed by atoms with Crippen molar-refractivity contribution in [1.29, 1.82) is 0 Å². The maximum absolute atomic E-state index is 14.1. The van der Waals surface area contributed by atoms with E-state index in [1.807, 2.05) is 0 Å². The fourth-order valence-electron chi connectivity index (χ4n) is 4.63. The van der Waals surface area contributed by atoms with Crippen molar-refractivity contribution in [3.63, 3.8) is 0 Å². The largest absolute Gasteiger partial charge is 0.453 e. The summed E-state index contributed by atoms with van der Waals surface area (Å²) in [6.45, 7) is 0. The van der Waals surface area contributed by atoms with Gasteiger partial charge in [-0.25, -0.2) is 8.78 Å². The molecular weight excluding hydrogens is 571 g/mol. The van der Waals surface area contributed by atoms with Crippen LogP contribution in [0.15, 0.2) is 71.5 Å². The van der Waals surface area contributed by atoms with E-state index in [1.165, 1.54) is 12.1 Å². The van der Waals surface area contributed by atoms with Gasteiger partial charge >= 0.3 is 6.18 Å². The lowest BCUT2D eigenvalue weighted by molar-refractivity contribution is -0.137. The Morgan fingerprint density at radius 2 is 1.68 bits per heavy atom. The summed E-state index contributed by atoms with van der Waals surface area (Å²) in [6, 6.07) is 12.6. The number of carbonyl (C=O) groups is 1. The lowest BCUT2D eigenvalue weighted by atomic mass is 10.0. The Bertz CT molecular complexity index is 2100. The summed E-state index contributed by atoms with van der Waals surface area (Å²) < 4.78 is 75.0. The molecule has 206 valence electrons. The Hall–Kier alpha value is -4.97. The molecule has 0 radical (unpaired) electrons. The highest BCUT2D eigenvalue weighted by Crippen LogP contribution is 2.45. The number of rotatable bonds is 4. The van der Waals surface area contributed by atoms with Crippen molar-refractivity contribution in [2.75, 3.05) is 11.1 Å². The SMILES string of the molecule is Nc1nn2c(=O)c3ccccc3c3cc(NC(=O)c4cc(F)cc(C(F)(F)F)c4)c(Oc4cc(F)ccc4Cl)c1c32. The van der Waals surface area contributed by atoms with Crippen molar-refractivity contribution in [2.24, 2.45) is 0 Å². The average molecular weight is 585 g/mol. The van der Waals surface area contributed by atoms with Crippen LogP contribution in [-0.4, -0.2) is 15.5 Å². The first-order chi connectivity index (χ1) is 19.4. The van der Waals surface area contributed by atoms with Gasteiger partial charge in [-0.2, -0.15) is 17.7 Å². The number of carbonyl (C=O) groups excluding carboxylic acids is 1. The van der Waals surface area contributed by atoms with Crippen LogP contribution in [0.2, 0.25) is 5.02 Å². The maximum atomic E-state index is 14.1. The standard InChI is InChI=1S/C28H14ClF5N4O3/c29-19-6-5-14(30)10-21(19)41-24-20(36-26(39)12-7-13(28(32,33)34)9-15(31)8-12)11-18-16-3-1-2-4-17(16)27(40)38-23(18)22(24)25(35)37-38/h1-11H,(H2,35,37)(H,36,39). The first-order valence-electron chi connectivity index (χ1n) is 11.7. The molecule has 2 aromatic heterocycles. The van der Waals surface area contributed by atoms with Gasteiger partial charge in [-0.15, -0.1) is 5.10 Å². The third-order valence-corrected chi connectivity index (χ3v) is 6.72. The quantitative estimate of drug-likeness (QED) is 0.171. The van der Waals surface area contributed by atoms with Gasteiger partial charge in [0.2, 0.25) is 0 Å². The minimum atomic E-state index is -4.91. The normalized spacial score (nSPS) is 12.0. The zero-order chi connectivity index (χ0) is 29.2. The number of ether oxygens (including phenoxy) is 1. The van der Waals surface area contributed by atoms with Crippen molar-refractivity contribution in [1.82, 2.24) is 9.61 Å². The van der Waals surface area contributed by atoms with Gasteiger partial charge < -0.3 is 15.8 Å². The number of pyridine rings is 1. The van der Waals surface area contributed by atoms with Gasteiger partial charge in [-0.1, -0.05) is 29.8 Å². The van der Waals surface area contributed by atoms with Crippen molar-refractivity contribution in [3.05, 3.63) is 105 Å². The molecule has 0 saturated heterocycles. The van der Waals surface area contributed by atoms with Crippen LogP contribution in [0.5, 0.6) is 11.5 Å². The van der Waals surface area contributed by atoms with Crippen LogP contribution in [0.25, 0.3) is 27.1 Å². The summed E-state index contributed by atoms with van der Waals surface area (Å²) in [5.74, 6) is -3.74. The van der Waals surface area contributed by atoms with Crippen LogP contribution in [0.3, 0.4) is 0 Å². The first-order valence-corrected chi connectivity index (χ1v) is 12.1. The van der Waals surface area contributed by atoms with E-state index in [-0.39, 0.29) is 50.4 Å². The van der Waals surface area contributed by atoms with Crippen LogP contribution in [0.1, 0.15) is 15.9 Å². The van der Waals surface area contributed by atoms with Gasteiger partial charge in [-0.05, 0) is 47.9 Å². The number of anilines is 2. The number of nitrogens with one attached hydrogen (secondary N) is 1. The molecule has 13 heteroatoms. The number of aromatic nitrogens is 2. The van der Waals surface area contributed by atoms with Crippen LogP contribution < -0.4 is 21.3 Å². The Morgan fingerprint density at radius 3 is 2.41 bits per heavy atom. The van der Waals surface area contributed by atoms with Crippen molar-refractivity contribution >= 4 is 56.1 Å². The molecule has 0 aliphatic carbocycles. The molecule has 1 amide bonds. The van der Waals surface area contributed by atoms with Gasteiger partial charge in [0.15, 0.2) is 11.6 Å². The highest BCUT2D eigenvalue weighted by Gasteiger charge is 2.32. The van der Waals surface area contributed by atoms with E-state index in [0.29, 0.717) is 22.9 Å². The third-order valence-electron chi connectivity index (χ3n) is 6.41. The lowest BCUT2D eigenvalue weighted by Crippen LogP contribution is -2.16. The molecule has 0 unspecified atom stereocenters. The fourth-order valence-corrected chi connectivity index (χ4v) is 4.79. The van der Waals surface area contributed by atoms with Crippen LogP contribution >= 0.6 is 11.6 Å². The molecule has 7 nitrogen and oxygen atoms in total. The van der Waals surface area contributed by atoms with E-state index in [0.717, 1.165) is 16.6 Å². The number of alkyl halides is 3. The highest BCUT2D eigenvalue weighted by atomic mass is 35.5. The van der Waals surface area contributed by atoms with E-state index in [4.69, 9.17) is 22.1 Å². The molecule has 6 aromatic rings. The molecular formula is C28H14ClF5N4O3. The van der Waals surface area contributed by atoms with Gasteiger partial charge in [0, 0.05) is 22.4 Å². The summed E-state index contributed by atoms with van der Waals surface area (Å²) in [5, 5.41) is 7.69. The molecule has 0 aliphatic rings. The first kappa shape index (κ1) is 26.3. The van der Waals surface area contributed by atoms with Crippen molar-refractivity contribution < 1.29 is 31.5 Å². The molecule has 0 spiro atoms. The van der Waals surface area contributed by atoms with E-state index < -0.39 is 40.4 Å². The fraction of sp³-hybridized carbons (Fsp3) is 0.0357. The topological polar surface area (TPSA) is 98.7 Å². The second-order valence-corrected chi connectivity index (χ2v) is 9.44. The predicted octanol–water partition coefficient (Wildman–Crippen LogP) is 7.02. The molecule has 4 aromatic carbocycles. The van der Waals surface area contributed by atoms with E-state index >= 15 is 0 Å². The maximum Gasteiger partial charge on any atom is 0.416 e. The molecule has 3 N–H and O–H groups in total. The zero-order valence-corrected chi connectivity index (χ0v) is 21.1. The van der Waals surface area contributed by atoms with Crippen molar-refractivity contribution in [2.45, 2.75) is 6.18 Å². The summed E-state index contributed by atoms with van der Waals surface area (Å²) in [6.07, 6.45) is -4.91. The minimum Gasteiger partial charge on any atom is -0.453 e. The number of halogens is 6.